The number of nitrogens with zero attached hydrogens (tertiary/aromatic N) is 3. The summed E-state index contributed by atoms with van der Waals surface area (Å²) in [6.07, 6.45) is 1.87. The lowest BCUT2D eigenvalue weighted by molar-refractivity contribution is -0.129. The molecule has 1 fully saturated rings. The maximum Gasteiger partial charge on any atom is 0.258 e. The number of carbonyl (C=O) groups is 2. The molecule has 0 saturated carbocycles. The van der Waals surface area contributed by atoms with E-state index in [1.54, 1.807) is 17.0 Å². The largest absolute Gasteiger partial charge is 0.484 e. The summed E-state index contributed by atoms with van der Waals surface area (Å²) in [5.74, 6) is 1.21. The minimum absolute atomic E-state index is 0.0899. The second-order valence-corrected chi connectivity index (χ2v) is 7.30. The van der Waals surface area contributed by atoms with Crippen LogP contribution in [-0.4, -0.2) is 40.0 Å². The van der Waals surface area contributed by atoms with Crippen LogP contribution in [0.25, 0.3) is 0 Å². The third kappa shape index (κ3) is 5.48. The van der Waals surface area contributed by atoms with Gasteiger partial charge in [-0.05, 0) is 30.5 Å². The topological polar surface area (TPSA) is 97.6 Å². The average molecular weight is 420 g/mol. The Kier molecular flexibility index (Phi) is 6.56. The van der Waals surface area contributed by atoms with Gasteiger partial charge >= 0.3 is 0 Å². The summed E-state index contributed by atoms with van der Waals surface area (Å²) in [5, 5.41) is 6.66. The van der Waals surface area contributed by atoms with Crippen molar-refractivity contribution in [2.45, 2.75) is 31.8 Å². The summed E-state index contributed by atoms with van der Waals surface area (Å²) in [7, 11) is 0. The van der Waals surface area contributed by atoms with E-state index in [0.29, 0.717) is 36.9 Å². The molecule has 0 unspecified atom stereocenters. The van der Waals surface area contributed by atoms with E-state index >= 15 is 0 Å². The summed E-state index contributed by atoms with van der Waals surface area (Å²) in [6, 6.07) is 18.9. The highest BCUT2D eigenvalue weighted by atomic mass is 16.5. The molecule has 1 atom stereocenters. The Hall–Kier alpha value is -3.68. The number of benzene rings is 2. The minimum atomic E-state index is -0.282. The van der Waals surface area contributed by atoms with Gasteiger partial charge in [0, 0.05) is 13.0 Å². The van der Waals surface area contributed by atoms with Gasteiger partial charge in [-0.25, -0.2) is 0 Å². The zero-order valence-electron chi connectivity index (χ0n) is 17.1. The monoisotopic (exact) mass is 420 g/mol. The minimum Gasteiger partial charge on any atom is -0.484 e. The van der Waals surface area contributed by atoms with Crippen LogP contribution in [0.1, 0.15) is 36.2 Å². The summed E-state index contributed by atoms with van der Waals surface area (Å²) >= 11 is 0. The molecule has 0 radical (unpaired) electrons. The smallest absolute Gasteiger partial charge is 0.258 e. The van der Waals surface area contributed by atoms with Crippen LogP contribution in [0, 0.1) is 0 Å². The number of likely N-dealkylation sites (tertiary alicyclic amines) is 1. The molecule has 0 spiro atoms. The fraction of sp³-hybridized carbons (Fsp3) is 0.304. The molecular weight excluding hydrogens is 396 g/mol. The molecule has 31 heavy (non-hydrogen) atoms. The Morgan fingerprint density at radius 2 is 1.87 bits per heavy atom. The second-order valence-electron chi connectivity index (χ2n) is 7.30. The molecular formula is C23H24N4O4. The highest BCUT2D eigenvalue weighted by molar-refractivity contribution is 5.79. The van der Waals surface area contributed by atoms with Gasteiger partial charge in [-0.3, -0.25) is 9.59 Å². The van der Waals surface area contributed by atoms with Crippen LogP contribution in [0.3, 0.4) is 0 Å². The van der Waals surface area contributed by atoms with Crippen LogP contribution in [0.15, 0.2) is 65.2 Å². The number of rotatable bonds is 9. The molecule has 4 rings (SSSR count). The van der Waals surface area contributed by atoms with Crippen LogP contribution in [0.5, 0.6) is 5.75 Å². The Balaban J connectivity index is 1.28. The first kappa shape index (κ1) is 20.6. The van der Waals surface area contributed by atoms with E-state index < -0.39 is 0 Å². The van der Waals surface area contributed by atoms with Gasteiger partial charge in [0.05, 0.1) is 6.54 Å². The van der Waals surface area contributed by atoms with Crippen molar-refractivity contribution < 1.29 is 18.8 Å². The number of carbonyl (C=O) groups excluding carboxylic acids is 2. The summed E-state index contributed by atoms with van der Waals surface area (Å²) < 4.78 is 10.8. The van der Waals surface area contributed by atoms with Crippen molar-refractivity contribution in [3.63, 3.8) is 0 Å². The van der Waals surface area contributed by atoms with Crippen LogP contribution in [0.2, 0.25) is 0 Å². The van der Waals surface area contributed by atoms with E-state index in [1.165, 1.54) is 5.56 Å². The van der Waals surface area contributed by atoms with Crippen molar-refractivity contribution in [2.75, 3.05) is 13.2 Å². The van der Waals surface area contributed by atoms with Crippen molar-refractivity contribution in [2.24, 2.45) is 0 Å². The number of ether oxygens (including phenoxy) is 1. The quantitative estimate of drug-likeness (QED) is 0.572. The Morgan fingerprint density at radius 3 is 2.65 bits per heavy atom. The Bertz CT molecular complexity index is 1010. The van der Waals surface area contributed by atoms with Gasteiger partial charge in [-0.1, -0.05) is 53.7 Å². The molecule has 2 heterocycles. The molecule has 8 heteroatoms. The summed E-state index contributed by atoms with van der Waals surface area (Å²) in [4.78, 5) is 30.5. The van der Waals surface area contributed by atoms with Gasteiger partial charge in [-0.2, -0.15) is 4.98 Å². The first-order chi connectivity index (χ1) is 15.2. The van der Waals surface area contributed by atoms with Crippen molar-refractivity contribution >= 4 is 11.8 Å². The van der Waals surface area contributed by atoms with Crippen molar-refractivity contribution in [3.8, 4) is 5.75 Å². The fourth-order valence-corrected chi connectivity index (χ4v) is 3.53. The molecule has 1 aliphatic heterocycles. The predicted molar refractivity (Wildman–Crippen MR) is 112 cm³/mol. The van der Waals surface area contributed by atoms with Crippen molar-refractivity contribution in [3.05, 3.63) is 77.9 Å². The molecule has 1 saturated heterocycles. The zero-order chi connectivity index (χ0) is 21.5. The molecule has 8 nitrogen and oxygen atoms in total. The lowest BCUT2D eigenvalue weighted by atomic mass is 10.1. The molecule has 1 aliphatic rings. The van der Waals surface area contributed by atoms with E-state index in [0.717, 1.165) is 6.42 Å². The first-order valence-electron chi connectivity index (χ1n) is 10.3. The number of amides is 2. The standard InChI is InChI=1S/C23H24N4O4/c28-21(16-30-18-9-5-2-6-10-18)24-15-20-25-23(31-26-20)19-11-12-22(29)27(19)14-13-17-7-3-1-4-8-17/h1-10,19H,11-16H2,(H,24,28)/t19-/m0/s1. The SMILES string of the molecule is O=C(COc1ccccc1)NCc1noc([C@@H]2CCC(=O)N2CCc2ccccc2)n1. The fourth-order valence-electron chi connectivity index (χ4n) is 3.53. The Morgan fingerprint density at radius 1 is 1.13 bits per heavy atom. The predicted octanol–water partition coefficient (Wildman–Crippen LogP) is 2.67. The molecule has 0 bridgehead atoms. The van der Waals surface area contributed by atoms with Crippen LogP contribution >= 0.6 is 0 Å². The number of aromatic nitrogens is 2. The number of hydrogen-bond acceptors (Lipinski definition) is 6. The van der Waals surface area contributed by atoms with E-state index in [1.807, 2.05) is 48.5 Å². The van der Waals surface area contributed by atoms with Crippen LogP contribution in [0.4, 0.5) is 0 Å². The van der Waals surface area contributed by atoms with Crippen LogP contribution in [-0.2, 0) is 22.6 Å². The summed E-state index contributed by atoms with van der Waals surface area (Å²) in [6.45, 7) is 0.628. The highest BCUT2D eigenvalue weighted by Gasteiger charge is 2.35. The van der Waals surface area contributed by atoms with Crippen molar-refractivity contribution in [1.29, 1.82) is 0 Å². The molecule has 0 aliphatic carbocycles. The van der Waals surface area contributed by atoms with E-state index in [4.69, 9.17) is 9.26 Å². The highest BCUT2D eigenvalue weighted by Crippen LogP contribution is 2.31. The molecule has 1 N–H and O–H groups in total. The van der Waals surface area contributed by atoms with Gasteiger partial charge in [-0.15, -0.1) is 0 Å². The van der Waals surface area contributed by atoms with E-state index in [9.17, 15) is 9.59 Å². The molecule has 3 aromatic rings. The third-order valence-electron chi connectivity index (χ3n) is 5.14. The Labute approximate surface area is 180 Å². The lowest BCUT2D eigenvalue weighted by Crippen LogP contribution is -2.30. The maximum atomic E-state index is 12.4. The number of hydrogen-bond donors (Lipinski definition) is 1. The average Bonchev–Trinajstić information content (AvgIpc) is 3.42. The molecule has 160 valence electrons. The maximum absolute atomic E-state index is 12.4. The van der Waals surface area contributed by atoms with E-state index in [2.05, 4.69) is 15.5 Å². The van der Waals surface area contributed by atoms with Gasteiger partial charge in [0.25, 0.3) is 5.91 Å². The summed E-state index contributed by atoms with van der Waals surface area (Å²) in [5.41, 5.74) is 1.17. The first-order valence-corrected chi connectivity index (χ1v) is 10.3. The molecule has 2 amide bonds. The number of nitrogens with one attached hydrogen (secondary N) is 1. The van der Waals surface area contributed by atoms with Crippen LogP contribution < -0.4 is 10.1 Å². The second kappa shape index (κ2) is 9.88. The van der Waals surface area contributed by atoms with Gasteiger partial charge < -0.3 is 19.5 Å². The zero-order valence-corrected chi connectivity index (χ0v) is 17.1. The molecule has 1 aromatic heterocycles. The van der Waals surface area contributed by atoms with Crippen molar-refractivity contribution in [1.82, 2.24) is 20.4 Å². The molecule has 2 aromatic carbocycles. The normalized spacial score (nSPS) is 15.8. The van der Waals surface area contributed by atoms with Gasteiger partial charge in [0.1, 0.15) is 11.8 Å². The van der Waals surface area contributed by atoms with Gasteiger partial charge in [0.2, 0.25) is 11.8 Å². The third-order valence-corrected chi connectivity index (χ3v) is 5.14. The lowest BCUT2D eigenvalue weighted by Gasteiger charge is -2.21. The number of para-hydroxylation sites is 1. The van der Waals surface area contributed by atoms with Gasteiger partial charge in [0.15, 0.2) is 12.4 Å². The van der Waals surface area contributed by atoms with E-state index in [-0.39, 0.29) is 31.0 Å².